The molecule has 0 aromatic heterocycles. The fourth-order valence-electron chi connectivity index (χ4n) is 8.79. The first-order valence-electron chi connectivity index (χ1n) is 13.7. The number of aliphatic hydroxyl groups is 1. The van der Waals surface area contributed by atoms with Gasteiger partial charge in [0.2, 0.25) is 5.12 Å². The van der Waals surface area contributed by atoms with Crippen molar-refractivity contribution in [1.29, 1.82) is 0 Å². The number of rotatable bonds is 4. The molecular formula is C30H34ClF2NO4S. The Hall–Kier alpha value is -1.58. The minimum atomic E-state index is -2.17. The van der Waals surface area contributed by atoms with Gasteiger partial charge >= 0.3 is 0 Å². The van der Waals surface area contributed by atoms with Crippen LogP contribution in [0.5, 0.6) is 0 Å². The fourth-order valence-corrected chi connectivity index (χ4v) is 9.83. The van der Waals surface area contributed by atoms with Gasteiger partial charge in [-0.05, 0) is 73.3 Å². The second kappa shape index (κ2) is 9.21. The van der Waals surface area contributed by atoms with Gasteiger partial charge in [0.1, 0.15) is 6.17 Å². The lowest BCUT2D eigenvalue weighted by molar-refractivity contribution is -0.266. The molecule has 1 heterocycles. The molecule has 5 nitrogen and oxygen atoms in total. The van der Waals surface area contributed by atoms with Crippen LogP contribution in [0.4, 0.5) is 8.78 Å². The summed E-state index contributed by atoms with van der Waals surface area (Å²) >= 11 is 7.25. The topological polar surface area (TPSA) is 66.8 Å². The first-order chi connectivity index (χ1) is 18.4. The molecule has 9 atom stereocenters. The van der Waals surface area contributed by atoms with Gasteiger partial charge in [0.05, 0.1) is 6.10 Å². The lowest BCUT2D eigenvalue weighted by Gasteiger charge is -2.63. The van der Waals surface area contributed by atoms with Crippen LogP contribution < -0.4 is 0 Å². The van der Waals surface area contributed by atoms with Crippen molar-refractivity contribution in [3.63, 3.8) is 0 Å². The average Bonchev–Trinajstić information content (AvgIpc) is 3.36. The Labute approximate surface area is 236 Å². The van der Waals surface area contributed by atoms with E-state index in [9.17, 15) is 14.7 Å². The molecule has 0 spiro atoms. The van der Waals surface area contributed by atoms with Gasteiger partial charge in [0.25, 0.3) is 0 Å². The molecule has 210 valence electrons. The molecule has 3 saturated carbocycles. The van der Waals surface area contributed by atoms with Gasteiger partial charge in [0.15, 0.2) is 17.1 Å². The van der Waals surface area contributed by atoms with E-state index in [4.69, 9.17) is 16.4 Å². The van der Waals surface area contributed by atoms with Gasteiger partial charge < -0.3 is 5.11 Å². The van der Waals surface area contributed by atoms with E-state index in [0.29, 0.717) is 30.3 Å². The maximum Gasteiger partial charge on any atom is 0.223 e. The summed E-state index contributed by atoms with van der Waals surface area (Å²) in [5, 5.41) is 14.0. The Morgan fingerprint density at radius 3 is 2.64 bits per heavy atom. The molecule has 9 heteroatoms. The van der Waals surface area contributed by atoms with Crippen molar-refractivity contribution in [2.45, 2.75) is 70.1 Å². The quantitative estimate of drug-likeness (QED) is 0.499. The number of thioether (sulfide) groups is 1. The molecule has 1 aromatic carbocycles. The number of carbonyl (C=O) groups excluding carboxylic acids is 2. The van der Waals surface area contributed by atoms with Crippen LogP contribution in [0.15, 0.2) is 48.1 Å². The lowest BCUT2D eigenvalue weighted by atomic mass is 9.44. The molecule has 1 aliphatic heterocycles. The zero-order valence-electron chi connectivity index (χ0n) is 22.3. The van der Waals surface area contributed by atoms with Crippen LogP contribution in [-0.2, 0) is 21.0 Å². The molecule has 0 bridgehead atoms. The van der Waals surface area contributed by atoms with E-state index in [0.717, 1.165) is 5.56 Å². The number of alkyl halides is 2. The largest absolute Gasteiger partial charge is 0.390 e. The van der Waals surface area contributed by atoms with Crippen molar-refractivity contribution in [2.75, 3.05) is 12.3 Å². The molecule has 0 radical (unpaired) electrons. The van der Waals surface area contributed by atoms with Crippen molar-refractivity contribution in [2.24, 2.45) is 28.6 Å². The van der Waals surface area contributed by atoms with Gasteiger partial charge in [-0.3, -0.25) is 14.4 Å². The maximum absolute atomic E-state index is 17.5. The van der Waals surface area contributed by atoms with Gasteiger partial charge in [-0.2, -0.15) is 5.06 Å². The van der Waals surface area contributed by atoms with E-state index in [1.54, 1.807) is 6.92 Å². The van der Waals surface area contributed by atoms with Crippen LogP contribution in [0.25, 0.3) is 0 Å². The predicted molar refractivity (Wildman–Crippen MR) is 146 cm³/mol. The zero-order chi connectivity index (χ0) is 28.0. The number of hydroxylamine groups is 2. The third-order valence-electron chi connectivity index (χ3n) is 10.5. The number of ketones is 1. The monoisotopic (exact) mass is 577 g/mol. The summed E-state index contributed by atoms with van der Waals surface area (Å²) < 4.78 is 33.3. The highest BCUT2D eigenvalue weighted by atomic mass is 35.5. The molecule has 1 saturated heterocycles. The van der Waals surface area contributed by atoms with Crippen LogP contribution in [0.2, 0.25) is 5.02 Å². The van der Waals surface area contributed by atoms with Crippen LogP contribution in [0.1, 0.15) is 45.6 Å². The molecule has 0 unspecified atom stereocenters. The molecule has 1 N–H and O–H groups in total. The zero-order valence-corrected chi connectivity index (χ0v) is 23.9. The molecule has 0 amide bonds. The van der Waals surface area contributed by atoms with Gasteiger partial charge in [-0.1, -0.05) is 55.4 Å². The summed E-state index contributed by atoms with van der Waals surface area (Å²) in [7, 11) is 0. The first kappa shape index (κ1) is 27.6. The normalized spacial score (nSPS) is 44.8. The number of nitrogens with zero attached hydrogens (tertiary/aromatic N) is 1. The van der Waals surface area contributed by atoms with Crippen molar-refractivity contribution in [1.82, 2.24) is 5.06 Å². The molecule has 5 aliphatic rings. The van der Waals surface area contributed by atoms with Gasteiger partial charge in [-0.25, -0.2) is 8.78 Å². The molecule has 6 rings (SSSR count). The highest BCUT2D eigenvalue weighted by Crippen LogP contribution is 2.73. The van der Waals surface area contributed by atoms with E-state index in [2.05, 4.69) is 0 Å². The maximum atomic E-state index is 17.5. The molecule has 4 aliphatic carbocycles. The van der Waals surface area contributed by atoms with Crippen molar-refractivity contribution < 1.29 is 28.3 Å². The Morgan fingerprint density at radius 1 is 1.23 bits per heavy atom. The van der Waals surface area contributed by atoms with Gasteiger partial charge in [0, 0.05) is 40.8 Å². The number of benzene rings is 1. The number of hydrogen-bond donors (Lipinski definition) is 1. The smallest absolute Gasteiger partial charge is 0.223 e. The first-order valence-corrected chi connectivity index (χ1v) is 15.1. The average molecular weight is 578 g/mol. The Kier molecular flexibility index (Phi) is 6.52. The number of halogens is 3. The number of aliphatic hydroxyl groups excluding tert-OH is 1. The molecule has 1 aromatic rings. The summed E-state index contributed by atoms with van der Waals surface area (Å²) in [5.74, 6) is -1.25. The van der Waals surface area contributed by atoms with Crippen LogP contribution in [0.3, 0.4) is 0 Å². The number of hydrogen-bond acceptors (Lipinski definition) is 6. The predicted octanol–water partition coefficient (Wildman–Crippen LogP) is 5.65. The summed E-state index contributed by atoms with van der Waals surface area (Å²) in [5.41, 5.74) is -4.69. The lowest BCUT2D eigenvalue weighted by Crippen LogP contribution is -2.70. The van der Waals surface area contributed by atoms with Crippen molar-refractivity contribution >= 4 is 34.3 Å². The van der Waals surface area contributed by atoms with Crippen LogP contribution in [0, 0.1) is 28.6 Å². The summed E-state index contributed by atoms with van der Waals surface area (Å²) in [4.78, 5) is 32.7. The highest BCUT2D eigenvalue weighted by Gasteiger charge is 2.79. The van der Waals surface area contributed by atoms with Crippen molar-refractivity contribution in [3.05, 3.63) is 58.7 Å². The Bertz CT molecular complexity index is 1270. The SMILES string of the molecule is CCSC(=O)[C@@]12ON(Cc3ccc(Cl)cc3)C[C@@H]1C[C@H]1[C@@H]3C[C@H](F)C4=CC(=O)C=C[C@]4(C)[C@@]3(F)[C@@H](O)C[C@@]12C. The summed E-state index contributed by atoms with van der Waals surface area (Å²) in [6, 6.07) is 7.45. The number of fused-ring (bicyclic) bond motifs is 7. The molecular weight excluding hydrogens is 544 g/mol. The minimum Gasteiger partial charge on any atom is -0.390 e. The summed E-state index contributed by atoms with van der Waals surface area (Å²) in [6.07, 6.45) is 1.33. The Balaban J connectivity index is 1.40. The van der Waals surface area contributed by atoms with Gasteiger partial charge in [-0.15, -0.1) is 0 Å². The fraction of sp³-hybridized carbons (Fsp3) is 0.600. The second-order valence-corrected chi connectivity index (χ2v) is 14.0. The third-order valence-corrected chi connectivity index (χ3v) is 11.6. The van der Waals surface area contributed by atoms with Crippen LogP contribution >= 0.6 is 23.4 Å². The number of allylic oxidation sites excluding steroid dienone is 4. The summed E-state index contributed by atoms with van der Waals surface area (Å²) in [6.45, 7) is 6.37. The Morgan fingerprint density at radius 2 is 1.95 bits per heavy atom. The van der Waals surface area contributed by atoms with Crippen molar-refractivity contribution in [3.8, 4) is 0 Å². The molecule has 39 heavy (non-hydrogen) atoms. The molecule has 4 fully saturated rings. The van der Waals surface area contributed by atoms with Crippen LogP contribution in [-0.4, -0.2) is 56.9 Å². The van der Waals surface area contributed by atoms with E-state index in [-0.39, 0.29) is 41.1 Å². The number of carbonyl (C=O) groups is 2. The third kappa shape index (κ3) is 3.60. The standard InChI is InChI=1S/C30H34ClF2NO4S/c1-4-39-26(37)30-18(16-34(38-30)15-17-5-7-19(31)8-6-17)11-21-22-13-24(32)23-12-20(35)9-10-27(23,2)29(22,33)25(36)14-28(21,30)3/h5-10,12,18,21-22,24-25,36H,4,11,13-16H2,1-3H3/t18-,21-,22-,24-,25-,27-,28-,29-,30-/m0/s1. The second-order valence-electron chi connectivity index (χ2n) is 12.3. The van der Waals surface area contributed by atoms with E-state index in [1.165, 1.54) is 30.0 Å². The van der Waals surface area contributed by atoms with E-state index in [1.807, 2.05) is 43.2 Å². The highest BCUT2D eigenvalue weighted by molar-refractivity contribution is 8.13. The van der Waals surface area contributed by atoms with E-state index < -0.39 is 40.3 Å². The minimum absolute atomic E-state index is 0.00751. The van der Waals surface area contributed by atoms with E-state index >= 15 is 8.78 Å².